The SMILES string of the molecule is CCC=C(C)CCC=C(C)C1CCC=CCC1C1CC(C)C(CC)CC2C(C)C=CCC3C2C3C1(C)CC(C)CC(C)C. The van der Waals surface area contributed by atoms with Crippen molar-refractivity contribution < 1.29 is 0 Å². The van der Waals surface area contributed by atoms with Crippen molar-refractivity contribution in [3.05, 3.63) is 47.6 Å². The fourth-order valence-electron chi connectivity index (χ4n) is 11.5. The van der Waals surface area contributed by atoms with E-state index >= 15 is 0 Å². The zero-order valence-electron chi connectivity index (χ0n) is 30.4. The van der Waals surface area contributed by atoms with Crippen molar-refractivity contribution in [2.75, 3.05) is 0 Å². The van der Waals surface area contributed by atoms with Gasteiger partial charge in [-0.1, -0.05) is 109 Å². The Hall–Kier alpha value is -1.04. The molecule has 4 aliphatic carbocycles. The van der Waals surface area contributed by atoms with E-state index in [1.807, 2.05) is 0 Å². The summed E-state index contributed by atoms with van der Waals surface area (Å²) in [5.41, 5.74) is 3.72. The van der Waals surface area contributed by atoms with E-state index in [-0.39, 0.29) is 0 Å². The van der Waals surface area contributed by atoms with Gasteiger partial charge in [-0.15, -0.1) is 0 Å². The van der Waals surface area contributed by atoms with Crippen LogP contribution in [-0.2, 0) is 0 Å². The molecule has 0 bridgehead atoms. The molecule has 0 aromatic rings. The first-order valence-electron chi connectivity index (χ1n) is 19.2. The topological polar surface area (TPSA) is 0 Å². The maximum Gasteiger partial charge on any atom is -0.0169 e. The Morgan fingerprint density at radius 1 is 0.930 bits per heavy atom. The number of rotatable bonds is 11. The average molecular weight is 589 g/mol. The Bertz CT molecular complexity index is 990. The van der Waals surface area contributed by atoms with Gasteiger partial charge in [0.1, 0.15) is 0 Å². The van der Waals surface area contributed by atoms with Crippen LogP contribution in [0, 0.1) is 76.4 Å². The highest BCUT2D eigenvalue weighted by Gasteiger charge is 2.65. The maximum absolute atomic E-state index is 2.86. The van der Waals surface area contributed by atoms with Gasteiger partial charge in [-0.25, -0.2) is 0 Å². The zero-order chi connectivity index (χ0) is 31.3. The fraction of sp³-hybridized carbons (Fsp3) is 0.814. The lowest BCUT2D eigenvalue weighted by Crippen LogP contribution is -2.41. The molecule has 4 rings (SSSR count). The van der Waals surface area contributed by atoms with Gasteiger partial charge in [-0.3, -0.25) is 0 Å². The van der Waals surface area contributed by atoms with Gasteiger partial charge in [0.15, 0.2) is 0 Å². The van der Waals surface area contributed by atoms with Crippen molar-refractivity contribution in [2.24, 2.45) is 76.4 Å². The van der Waals surface area contributed by atoms with Gasteiger partial charge >= 0.3 is 0 Å². The third-order valence-corrected chi connectivity index (χ3v) is 13.4. The Morgan fingerprint density at radius 3 is 2.37 bits per heavy atom. The van der Waals surface area contributed by atoms with Gasteiger partial charge in [-0.05, 0) is 161 Å². The van der Waals surface area contributed by atoms with Crippen molar-refractivity contribution in [2.45, 2.75) is 146 Å². The third kappa shape index (κ3) is 8.22. The Morgan fingerprint density at radius 2 is 1.67 bits per heavy atom. The smallest absolute Gasteiger partial charge is 0.0169 e. The van der Waals surface area contributed by atoms with Crippen LogP contribution in [0.4, 0.5) is 0 Å². The number of allylic oxidation sites excluding steroid dienone is 8. The molecule has 0 spiro atoms. The molecule has 2 fully saturated rings. The van der Waals surface area contributed by atoms with E-state index in [2.05, 4.69) is 106 Å². The molecule has 0 nitrogen and oxygen atoms in total. The van der Waals surface area contributed by atoms with Crippen molar-refractivity contribution >= 4 is 0 Å². The monoisotopic (exact) mass is 589 g/mol. The number of fused-ring (bicyclic) bond motifs is 1. The second-order valence-corrected chi connectivity index (χ2v) is 17.1. The van der Waals surface area contributed by atoms with E-state index in [9.17, 15) is 0 Å². The summed E-state index contributed by atoms with van der Waals surface area (Å²) in [6, 6.07) is 0. The predicted molar refractivity (Wildman–Crippen MR) is 191 cm³/mol. The van der Waals surface area contributed by atoms with Crippen molar-refractivity contribution in [3.8, 4) is 0 Å². The molecule has 43 heavy (non-hydrogen) atoms. The van der Waals surface area contributed by atoms with Gasteiger partial charge in [0, 0.05) is 0 Å². The quantitative estimate of drug-likeness (QED) is 0.211. The molecule has 0 heteroatoms. The van der Waals surface area contributed by atoms with Crippen LogP contribution in [0.2, 0.25) is 0 Å². The van der Waals surface area contributed by atoms with E-state index in [0.717, 1.165) is 77.4 Å². The van der Waals surface area contributed by atoms with E-state index in [1.54, 1.807) is 11.1 Å². The molecule has 0 radical (unpaired) electrons. The summed E-state index contributed by atoms with van der Waals surface area (Å²) < 4.78 is 0. The zero-order valence-corrected chi connectivity index (χ0v) is 30.4. The largest absolute Gasteiger partial charge is 0.0885 e. The van der Waals surface area contributed by atoms with E-state index in [4.69, 9.17) is 0 Å². The van der Waals surface area contributed by atoms with Gasteiger partial charge in [0.25, 0.3) is 0 Å². The van der Waals surface area contributed by atoms with E-state index in [1.165, 1.54) is 70.6 Å². The van der Waals surface area contributed by atoms with Crippen LogP contribution in [0.3, 0.4) is 0 Å². The molecule has 12 unspecified atom stereocenters. The Balaban J connectivity index is 1.77. The number of hydrogen-bond acceptors (Lipinski definition) is 0. The van der Waals surface area contributed by atoms with E-state index < -0.39 is 0 Å². The lowest BCUT2D eigenvalue weighted by molar-refractivity contribution is 0.0145. The fourth-order valence-corrected chi connectivity index (χ4v) is 11.5. The average Bonchev–Trinajstić information content (AvgIpc) is 3.71. The second kappa shape index (κ2) is 15.5. The normalized spacial score (nSPS) is 41.1. The van der Waals surface area contributed by atoms with Gasteiger partial charge in [-0.2, -0.15) is 0 Å². The predicted octanol–water partition coefficient (Wildman–Crippen LogP) is 13.3. The van der Waals surface area contributed by atoms with Crippen molar-refractivity contribution in [3.63, 3.8) is 0 Å². The van der Waals surface area contributed by atoms with E-state index in [0.29, 0.717) is 5.41 Å². The minimum absolute atomic E-state index is 0.436. The summed E-state index contributed by atoms with van der Waals surface area (Å²) in [4.78, 5) is 0. The summed E-state index contributed by atoms with van der Waals surface area (Å²) in [5.74, 6) is 10.1. The van der Waals surface area contributed by atoms with Crippen molar-refractivity contribution in [1.29, 1.82) is 0 Å². The first-order valence-corrected chi connectivity index (χ1v) is 19.2. The molecule has 0 heterocycles. The maximum atomic E-state index is 2.86. The molecule has 244 valence electrons. The standard InChI is InChI=1S/C43H72/c1-11-18-30(5)19-16-20-32(7)36-22-14-13-15-23-37(36)40-26-34(9)35(12-2)27-39-33(8)21-17-24-38-41(39)42(38)43(40,10)28-31(6)25-29(3)4/h13,15,17-18,20-21,29,31,33-42H,11-12,14,16,19,22-28H2,1-10H3. The summed E-state index contributed by atoms with van der Waals surface area (Å²) in [5, 5.41) is 0. The lowest BCUT2D eigenvalue weighted by Gasteiger charge is -2.48. The summed E-state index contributed by atoms with van der Waals surface area (Å²) in [6.07, 6.45) is 31.5. The molecule has 0 N–H and O–H groups in total. The van der Waals surface area contributed by atoms with Crippen LogP contribution >= 0.6 is 0 Å². The molecule has 0 amide bonds. The summed E-state index contributed by atoms with van der Waals surface area (Å²) in [7, 11) is 0. The summed E-state index contributed by atoms with van der Waals surface area (Å²) in [6.45, 7) is 25.3. The first-order chi connectivity index (χ1) is 20.5. The molecule has 4 aliphatic rings. The van der Waals surface area contributed by atoms with Crippen molar-refractivity contribution in [1.82, 2.24) is 0 Å². The molecule has 0 aromatic carbocycles. The minimum atomic E-state index is 0.436. The van der Waals surface area contributed by atoms with Gasteiger partial charge < -0.3 is 0 Å². The van der Waals surface area contributed by atoms with Crippen LogP contribution in [-0.4, -0.2) is 0 Å². The molecular weight excluding hydrogens is 516 g/mol. The lowest BCUT2D eigenvalue weighted by atomic mass is 9.56. The van der Waals surface area contributed by atoms with Crippen LogP contribution < -0.4 is 0 Å². The Labute approximate surface area is 269 Å². The molecule has 0 aliphatic heterocycles. The third-order valence-electron chi connectivity index (χ3n) is 13.4. The molecular formula is C43H72. The second-order valence-electron chi connectivity index (χ2n) is 17.1. The van der Waals surface area contributed by atoms with Gasteiger partial charge in [0.05, 0.1) is 0 Å². The van der Waals surface area contributed by atoms with Gasteiger partial charge in [0.2, 0.25) is 0 Å². The van der Waals surface area contributed by atoms with Crippen LogP contribution in [0.5, 0.6) is 0 Å². The molecule has 0 aromatic heterocycles. The molecule has 2 saturated carbocycles. The first kappa shape index (κ1) is 34.8. The highest BCUT2D eigenvalue weighted by molar-refractivity contribution is 5.19. The van der Waals surface area contributed by atoms with Crippen LogP contribution in [0.1, 0.15) is 146 Å². The minimum Gasteiger partial charge on any atom is -0.0885 e. The van der Waals surface area contributed by atoms with Crippen LogP contribution in [0.25, 0.3) is 0 Å². The Kier molecular flexibility index (Phi) is 12.6. The number of hydrogen-bond donors (Lipinski definition) is 0. The molecule has 12 atom stereocenters. The summed E-state index contributed by atoms with van der Waals surface area (Å²) >= 11 is 0. The molecule has 0 saturated heterocycles. The highest BCUT2D eigenvalue weighted by Crippen LogP contribution is 2.70. The highest BCUT2D eigenvalue weighted by atomic mass is 14.7. The van der Waals surface area contributed by atoms with Crippen LogP contribution in [0.15, 0.2) is 47.6 Å².